The second kappa shape index (κ2) is 9.13. The van der Waals surface area contributed by atoms with Gasteiger partial charge in [0.05, 0.1) is 22.4 Å². The molecule has 2 aliphatic heterocycles. The van der Waals surface area contributed by atoms with Crippen molar-refractivity contribution in [3.63, 3.8) is 0 Å². The van der Waals surface area contributed by atoms with Crippen LogP contribution in [0.4, 0.5) is 17.1 Å². The van der Waals surface area contributed by atoms with E-state index in [4.69, 9.17) is 0 Å². The van der Waals surface area contributed by atoms with Gasteiger partial charge in [-0.2, -0.15) is 0 Å². The van der Waals surface area contributed by atoms with Crippen LogP contribution < -0.4 is 4.90 Å². The third-order valence-corrected chi connectivity index (χ3v) is 10.6. The second-order valence-electron chi connectivity index (χ2n) is 12.2. The summed E-state index contributed by atoms with van der Waals surface area (Å²) in [6, 6.07) is 49.3. The van der Waals surface area contributed by atoms with E-state index in [1.54, 1.807) is 0 Å². The van der Waals surface area contributed by atoms with Crippen LogP contribution in [0.3, 0.4) is 0 Å². The van der Waals surface area contributed by atoms with Crippen molar-refractivity contribution in [2.45, 2.75) is 35.5 Å². The Morgan fingerprint density at radius 1 is 0.535 bits per heavy atom. The Morgan fingerprint density at radius 2 is 1.02 bits per heavy atom. The number of para-hydroxylation sites is 4. The van der Waals surface area contributed by atoms with Crippen molar-refractivity contribution in [3.8, 4) is 5.69 Å². The third-order valence-electron chi connectivity index (χ3n) is 9.44. The summed E-state index contributed by atoms with van der Waals surface area (Å²) in [5.74, 6) is 0. The molecule has 0 fully saturated rings. The van der Waals surface area contributed by atoms with Gasteiger partial charge in [-0.3, -0.25) is 0 Å². The van der Waals surface area contributed by atoms with Crippen LogP contribution in [0.15, 0.2) is 143 Å². The number of aromatic nitrogens is 1. The summed E-state index contributed by atoms with van der Waals surface area (Å²) in [5.41, 5.74) is 12.9. The third kappa shape index (κ3) is 3.61. The van der Waals surface area contributed by atoms with Crippen molar-refractivity contribution in [2.24, 2.45) is 0 Å². The molecule has 0 saturated carbocycles. The van der Waals surface area contributed by atoms with Gasteiger partial charge in [0.25, 0.3) is 0 Å². The average molecular weight is 571 g/mol. The maximum atomic E-state index is 2.46. The highest BCUT2D eigenvalue weighted by Gasteiger charge is 2.36. The summed E-state index contributed by atoms with van der Waals surface area (Å²) >= 11 is 1.91. The molecule has 206 valence electrons. The summed E-state index contributed by atoms with van der Waals surface area (Å²) in [5, 5.41) is 2.59. The topological polar surface area (TPSA) is 8.17 Å². The molecule has 0 atom stereocenters. The quantitative estimate of drug-likeness (QED) is 0.204. The molecule has 3 heteroatoms. The minimum atomic E-state index is -0.0607. The van der Waals surface area contributed by atoms with E-state index in [1.807, 2.05) is 11.8 Å². The summed E-state index contributed by atoms with van der Waals surface area (Å²) in [4.78, 5) is 5.13. The predicted octanol–water partition coefficient (Wildman–Crippen LogP) is 10.9. The predicted molar refractivity (Wildman–Crippen MR) is 181 cm³/mol. The first-order valence-electron chi connectivity index (χ1n) is 15.0. The molecular weight excluding hydrogens is 541 g/mol. The molecule has 0 aliphatic carbocycles. The number of rotatable bonds is 2. The highest BCUT2D eigenvalue weighted by molar-refractivity contribution is 7.99. The van der Waals surface area contributed by atoms with E-state index in [-0.39, 0.29) is 5.41 Å². The summed E-state index contributed by atoms with van der Waals surface area (Å²) in [7, 11) is 0. The Kier molecular flexibility index (Phi) is 5.27. The lowest BCUT2D eigenvalue weighted by molar-refractivity contribution is 0.632. The van der Waals surface area contributed by atoms with Crippen LogP contribution in [0.1, 0.15) is 36.1 Å². The van der Waals surface area contributed by atoms with Gasteiger partial charge in [0, 0.05) is 37.4 Å². The van der Waals surface area contributed by atoms with Crippen molar-refractivity contribution in [2.75, 3.05) is 4.90 Å². The lowest BCUT2D eigenvalue weighted by Gasteiger charge is -2.42. The van der Waals surface area contributed by atoms with Gasteiger partial charge in [-0.1, -0.05) is 111 Å². The second-order valence-corrected chi connectivity index (χ2v) is 13.3. The molecule has 0 N–H and O–H groups in total. The van der Waals surface area contributed by atoms with Gasteiger partial charge in [0.15, 0.2) is 0 Å². The fourth-order valence-electron chi connectivity index (χ4n) is 7.32. The molecule has 2 nitrogen and oxygen atoms in total. The fourth-order valence-corrected chi connectivity index (χ4v) is 8.46. The summed E-state index contributed by atoms with van der Waals surface area (Å²) < 4.78 is 2.42. The van der Waals surface area contributed by atoms with Crippen molar-refractivity contribution in [1.29, 1.82) is 0 Å². The largest absolute Gasteiger partial charge is 0.310 e. The SMILES string of the molecule is CC1(C)c2ccccc2N(c2ccc3c(c2)Sc2cc(-n4c5ccccc5c5ccccc54)ccc2C3)c2ccccc21. The molecule has 0 unspecified atom stereocenters. The molecular formula is C40H30N2S. The van der Waals surface area contributed by atoms with Crippen molar-refractivity contribution in [1.82, 2.24) is 4.57 Å². The van der Waals surface area contributed by atoms with Crippen LogP contribution >= 0.6 is 11.8 Å². The van der Waals surface area contributed by atoms with Crippen LogP contribution in [0, 0.1) is 0 Å². The molecule has 0 saturated heterocycles. The molecule has 2 aliphatic rings. The summed E-state index contributed by atoms with van der Waals surface area (Å²) in [6.45, 7) is 4.69. The summed E-state index contributed by atoms with van der Waals surface area (Å²) in [6.07, 6.45) is 0.950. The van der Waals surface area contributed by atoms with Gasteiger partial charge >= 0.3 is 0 Å². The normalized spacial score (nSPS) is 14.7. The Hall–Kier alpha value is -4.73. The molecule has 0 radical (unpaired) electrons. The molecule has 1 aromatic heterocycles. The van der Waals surface area contributed by atoms with Crippen molar-refractivity contribution >= 4 is 50.6 Å². The molecule has 6 aromatic carbocycles. The molecule has 0 amide bonds. The van der Waals surface area contributed by atoms with E-state index in [9.17, 15) is 0 Å². The van der Waals surface area contributed by atoms with Crippen LogP contribution in [-0.2, 0) is 11.8 Å². The fraction of sp³-hybridized carbons (Fsp3) is 0.100. The zero-order chi connectivity index (χ0) is 28.7. The number of fused-ring (bicyclic) bond motifs is 7. The highest BCUT2D eigenvalue weighted by Crippen LogP contribution is 2.52. The Labute approximate surface area is 256 Å². The zero-order valence-corrected chi connectivity index (χ0v) is 25.0. The van der Waals surface area contributed by atoms with Gasteiger partial charge < -0.3 is 9.47 Å². The first-order chi connectivity index (χ1) is 21.1. The molecule has 7 aromatic rings. The number of nitrogens with zero attached hydrogens (tertiary/aromatic N) is 2. The Balaban J connectivity index is 1.15. The minimum Gasteiger partial charge on any atom is -0.310 e. The van der Waals surface area contributed by atoms with Crippen molar-refractivity contribution in [3.05, 3.63) is 156 Å². The molecule has 9 rings (SSSR count). The standard InChI is InChI=1S/C40H30N2S/c1-40(2)32-13-5-9-17-36(32)42(37-18-10-6-14-33(37)40)29-22-20-27-23-26-19-21-28(24-38(26)43-39(27)25-29)41-34-15-7-3-11-30(34)31-12-4-8-16-35(31)41/h3-22,24-25H,23H2,1-2H3. The van der Waals surface area contributed by atoms with Gasteiger partial charge in [-0.15, -0.1) is 0 Å². The van der Waals surface area contributed by atoms with E-state index in [0.717, 1.165) is 6.42 Å². The smallest absolute Gasteiger partial charge is 0.0541 e. The number of benzene rings is 6. The first kappa shape index (κ1) is 24.8. The maximum absolute atomic E-state index is 2.46. The lowest BCUT2D eigenvalue weighted by atomic mass is 9.73. The molecule has 3 heterocycles. The van der Waals surface area contributed by atoms with Crippen LogP contribution in [0.5, 0.6) is 0 Å². The Bertz CT molecular complexity index is 2140. The molecule has 43 heavy (non-hydrogen) atoms. The maximum Gasteiger partial charge on any atom is 0.0541 e. The van der Waals surface area contributed by atoms with E-state index >= 15 is 0 Å². The molecule has 0 spiro atoms. The van der Waals surface area contributed by atoms with Gasteiger partial charge in [0.2, 0.25) is 0 Å². The van der Waals surface area contributed by atoms with Gasteiger partial charge in [-0.05, 0) is 77.2 Å². The Morgan fingerprint density at radius 3 is 1.63 bits per heavy atom. The lowest BCUT2D eigenvalue weighted by Crippen LogP contribution is -2.30. The van der Waals surface area contributed by atoms with Crippen LogP contribution in [0.2, 0.25) is 0 Å². The zero-order valence-electron chi connectivity index (χ0n) is 24.2. The monoisotopic (exact) mass is 570 g/mol. The number of hydrogen-bond donors (Lipinski definition) is 0. The van der Waals surface area contributed by atoms with Gasteiger partial charge in [0.1, 0.15) is 0 Å². The van der Waals surface area contributed by atoms with Crippen LogP contribution in [-0.4, -0.2) is 4.57 Å². The van der Waals surface area contributed by atoms with E-state index in [1.165, 1.54) is 76.6 Å². The van der Waals surface area contributed by atoms with E-state index in [2.05, 4.69) is 157 Å². The first-order valence-corrected chi connectivity index (χ1v) is 15.8. The minimum absolute atomic E-state index is 0.0607. The van der Waals surface area contributed by atoms with Crippen LogP contribution in [0.25, 0.3) is 27.5 Å². The van der Waals surface area contributed by atoms with Gasteiger partial charge in [-0.25, -0.2) is 0 Å². The highest BCUT2D eigenvalue weighted by atomic mass is 32.2. The number of hydrogen-bond acceptors (Lipinski definition) is 2. The van der Waals surface area contributed by atoms with E-state index < -0.39 is 0 Å². The average Bonchev–Trinajstić information content (AvgIpc) is 3.38. The van der Waals surface area contributed by atoms with Crippen molar-refractivity contribution < 1.29 is 0 Å². The molecule has 0 bridgehead atoms. The number of anilines is 3. The van der Waals surface area contributed by atoms with E-state index in [0.29, 0.717) is 0 Å².